The Balaban J connectivity index is 4.30. The highest BCUT2D eigenvalue weighted by molar-refractivity contribution is 4.98. The molecule has 0 amide bonds. The van der Waals surface area contributed by atoms with Gasteiger partial charge in [0.1, 0.15) is 0 Å². The highest BCUT2D eigenvalue weighted by Crippen LogP contribution is 2.15. The van der Waals surface area contributed by atoms with E-state index in [4.69, 9.17) is 0 Å². The average molecular weight is 184 g/mol. The molecule has 0 aliphatic rings. The molecule has 13 heavy (non-hydrogen) atoms. The maximum Gasteiger partial charge on any atom is 0.0944 e. The molecule has 0 fully saturated rings. The zero-order chi connectivity index (χ0) is 10.9. The van der Waals surface area contributed by atoms with Crippen molar-refractivity contribution in [3.05, 3.63) is 12.4 Å². The lowest BCUT2D eigenvalue weighted by atomic mass is 10.1. The topological polar surface area (TPSA) is 15.3 Å². The Labute approximate surface area is 83.0 Å². The molecular weight excluding hydrogens is 160 g/mol. The summed E-state index contributed by atoms with van der Waals surface area (Å²) in [5.41, 5.74) is 0.200. The van der Waals surface area contributed by atoms with E-state index in [0.29, 0.717) is 0 Å². The predicted molar refractivity (Wildman–Crippen MR) is 59.5 cm³/mol. The molecule has 2 nitrogen and oxygen atoms in total. The summed E-state index contributed by atoms with van der Waals surface area (Å²) in [6, 6.07) is 0. The fraction of sp³-hybridized carbons (Fsp3) is 0.818. The van der Waals surface area contributed by atoms with Crippen LogP contribution in [0.15, 0.2) is 12.4 Å². The van der Waals surface area contributed by atoms with Crippen molar-refractivity contribution in [3.8, 4) is 0 Å². The molecule has 0 heterocycles. The Morgan fingerprint density at radius 1 is 1.08 bits per heavy atom. The minimum absolute atomic E-state index is 0.0800. The van der Waals surface area contributed by atoms with Crippen molar-refractivity contribution < 1.29 is 0 Å². The van der Waals surface area contributed by atoms with Gasteiger partial charge in [-0.2, -0.15) is 0 Å². The number of hydrogen-bond acceptors (Lipinski definition) is 2. The summed E-state index contributed by atoms with van der Waals surface area (Å²) in [7, 11) is 2.06. The third-order valence-corrected chi connectivity index (χ3v) is 1.93. The van der Waals surface area contributed by atoms with Crippen molar-refractivity contribution in [1.29, 1.82) is 0 Å². The summed E-state index contributed by atoms with van der Waals surface area (Å²) in [4.78, 5) is 2.15. The molecule has 0 radical (unpaired) electrons. The lowest BCUT2D eigenvalue weighted by Gasteiger charge is -2.38. The van der Waals surface area contributed by atoms with Crippen LogP contribution in [-0.2, 0) is 0 Å². The first-order valence-electron chi connectivity index (χ1n) is 4.75. The SMILES string of the molecule is C=C(NC(C)(C)C)N(C)C(C)(C)C. The van der Waals surface area contributed by atoms with E-state index < -0.39 is 0 Å². The second-order valence-electron chi connectivity index (χ2n) is 5.55. The zero-order valence-electron chi connectivity index (χ0n) is 10.2. The number of nitrogens with zero attached hydrogens (tertiary/aromatic N) is 1. The van der Waals surface area contributed by atoms with Crippen LogP contribution >= 0.6 is 0 Å². The average Bonchev–Trinajstić information content (AvgIpc) is 1.79. The van der Waals surface area contributed by atoms with E-state index in [2.05, 4.69) is 65.4 Å². The van der Waals surface area contributed by atoms with Gasteiger partial charge in [-0.3, -0.25) is 0 Å². The molecule has 0 unspecified atom stereocenters. The van der Waals surface area contributed by atoms with Gasteiger partial charge in [0.05, 0.1) is 5.82 Å². The van der Waals surface area contributed by atoms with Crippen LogP contribution in [0.3, 0.4) is 0 Å². The monoisotopic (exact) mass is 184 g/mol. The smallest absolute Gasteiger partial charge is 0.0944 e. The van der Waals surface area contributed by atoms with Gasteiger partial charge >= 0.3 is 0 Å². The van der Waals surface area contributed by atoms with Crippen molar-refractivity contribution in [2.75, 3.05) is 7.05 Å². The molecule has 0 bridgehead atoms. The summed E-state index contributed by atoms with van der Waals surface area (Å²) >= 11 is 0. The van der Waals surface area contributed by atoms with Crippen LogP contribution in [0.5, 0.6) is 0 Å². The predicted octanol–water partition coefficient (Wildman–Crippen LogP) is 2.58. The lowest BCUT2D eigenvalue weighted by Crippen LogP contribution is -2.46. The molecule has 0 atom stereocenters. The molecule has 0 aromatic rings. The second kappa shape index (κ2) is 3.60. The molecule has 0 aromatic carbocycles. The van der Waals surface area contributed by atoms with E-state index in [1.807, 2.05) is 0 Å². The van der Waals surface area contributed by atoms with Crippen LogP contribution < -0.4 is 5.32 Å². The summed E-state index contributed by atoms with van der Waals surface area (Å²) < 4.78 is 0. The summed E-state index contributed by atoms with van der Waals surface area (Å²) in [6.45, 7) is 16.9. The Morgan fingerprint density at radius 3 is 1.69 bits per heavy atom. The van der Waals surface area contributed by atoms with E-state index in [0.717, 1.165) is 5.82 Å². The van der Waals surface area contributed by atoms with Crippen LogP contribution in [0.1, 0.15) is 41.5 Å². The second-order valence-corrected chi connectivity index (χ2v) is 5.55. The minimum atomic E-state index is 0.0800. The van der Waals surface area contributed by atoms with E-state index in [1.54, 1.807) is 0 Å². The first kappa shape index (κ1) is 12.3. The molecule has 0 aliphatic carbocycles. The first-order valence-corrected chi connectivity index (χ1v) is 4.75. The Bertz CT molecular complexity index is 181. The van der Waals surface area contributed by atoms with E-state index in [-0.39, 0.29) is 11.1 Å². The molecule has 0 aliphatic heterocycles. The van der Waals surface area contributed by atoms with Crippen molar-refractivity contribution in [1.82, 2.24) is 10.2 Å². The standard InChI is InChI=1S/C11H24N2/c1-9(12-10(2,3)4)13(8)11(5,6)7/h12H,1H2,2-8H3. The zero-order valence-corrected chi connectivity index (χ0v) is 10.2. The Hall–Kier alpha value is -0.660. The number of nitrogens with one attached hydrogen (secondary N) is 1. The molecule has 0 spiro atoms. The van der Waals surface area contributed by atoms with Gasteiger partial charge in [0, 0.05) is 18.1 Å². The van der Waals surface area contributed by atoms with Gasteiger partial charge in [0.15, 0.2) is 0 Å². The molecule has 2 heteroatoms. The summed E-state index contributed by atoms with van der Waals surface area (Å²) in [6.07, 6.45) is 0. The first-order chi connectivity index (χ1) is 5.54. The van der Waals surface area contributed by atoms with Gasteiger partial charge in [0.25, 0.3) is 0 Å². The molecule has 78 valence electrons. The van der Waals surface area contributed by atoms with Gasteiger partial charge in [-0.25, -0.2) is 0 Å². The van der Waals surface area contributed by atoms with Crippen LogP contribution in [-0.4, -0.2) is 23.0 Å². The quantitative estimate of drug-likeness (QED) is 0.709. The van der Waals surface area contributed by atoms with Crippen molar-refractivity contribution in [2.45, 2.75) is 52.6 Å². The third-order valence-electron chi connectivity index (χ3n) is 1.93. The summed E-state index contributed by atoms with van der Waals surface area (Å²) in [5, 5.41) is 3.36. The van der Waals surface area contributed by atoms with Crippen LogP contribution in [0.2, 0.25) is 0 Å². The highest BCUT2D eigenvalue weighted by Gasteiger charge is 2.20. The minimum Gasteiger partial charge on any atom is -0.368 e. The van der Waals surface area contributed by atoms with Gasteiger partial charge in [0.2, 0.25) is 0 Å². The maximum absolute atomic E-state index is 4.02. The molecule has 1 N–H and O–H groups in total. The van der Waals surface area contributed by atoms with Gasteiger partial charge < -0.3 is 10.2 Å². The molecule has 0 saturated carbocycles. The fourth-order valence-electron chi connectivity index (χ4n) is 0.922. The summed E-state index contributed by atoms with van der Waals surface area (Å²) in [5.74, 6) is 0.972. The Morgan fingerprint density at radius 2 is 1.46 bits per heavy atom. The lowest BCUT2D eigenvalue weighted by molar-refractivity contribution is 0.201. The van der Waals surface area contributed by atoms with Gasteiger partial charge in [-0.15, -0.1) is 0 Å². The normalized spacial score (nSPS) is 12.5. The highest BCUT2D eigenvalue weighted by atomic mass is 15.3. The van der Waals surface area contributed by atoms with E-state index in [9.17, 15) is 0 Å². The van der Waals surface area contributed by atoms with E-state index >= 15 is 0 Å². The van der Waals surface area contributed by atoms with Crippen molar-refractivity contribution in [3.63, 3.8) is 0 Å². The van der Waals surface area contributed by atoms with Crippen LogP contribution in [0.4, 0.5) is 0 Å². The van der Waals surface area contributed by atoms with Crippen molar-refractivity contribution >= 4 is 0 Å². The molecular formula is C11H24N2. The Kier molecular flexibility index (Phi) is 3.42. The van der Waals surface area contributed by atoms with Gasteiger partial charge in [-0.05, 0) is 41.5 Å². The van der Waals surface area contributed by atoms with E-state index in [1.165, 1.54) is 0 Å². The maximum atomic E-state index is 4.02. The number of hydrogen-bond donors (Lipinski definition) is 1. The largest absolute Gasteiger partial charge is 0.368 e. The van der Waals surface area contributed by atoms with Gasteiger partial charge in [-0.1, -0.05) is 6.58 Å². The third kappa shape index (κ3) is 4.81. The molecule has 0 rings (SSSR count). The molecule has 0 saturated heterocycles. The van der Waals surface area contributed by atoms with Crippen LogP contribution in [0, 0.1) is 0 Å². The molecule has 0 aromatic heterocycles. The van der Waals surface area contributed by atoms with Crippen LogP contribution in [0.25, 0.3) is 0 Å². The number of rotatable bonds is 2. The fourth-order valence-corrected chi connectivity index (χ4v) is 0.922. The van der Waals surface area contributed by atoms with Crippen molar-refractivity contribution in [2.24, 2.45) is 0 Å².